The summed E-state index contributed by atoms with van der Waals surface area (Å²) >= 11 is 0. The van der Waals surface area contributed by atoms with Gasteiger partial charge in [0.05, 0.1) is 11.3 Å². The van der Waals surface area contributed by atoms with Crippen molar-refractivity contribution in [1.82, 2.24) is 9.78 Å². The molecule has 1 aliphatic rings. The van der Waals surface area contributed by atoms with Crippen LogP contribution in [-0.2, 0) is 7.05 Å². The third-order valence-corrected chi connectivity index (χ3v) is 3.65. The lowest BCUT2D eigenvalue weighted by atomic mass is 9.79. The minimum atomic E-state index is -0.601. The maximum absolute atomic E-state index is 10.4. The van der Waals surface area contributed by atoms with Crippen molar-refractivity contribution in [3.05, 3.63) is 6.20 Å². The molecule has 1 saturated carbocycles. The highest BCUT2D eigenvalue weighted by molar-refractivity contribution is 5.59. The summed E-state index contributed by atoms with van der Waals surface area (Å²) < 4.78 is 1.67. The van der Waals surface area contributed by atoms with Gasteiger partial charge in [0.15, 0.2) is 5.82 Å². The quantitative estimate of drug-likeness (QED) is 0.743. The van der Waals surface area contributed by atoms with Crippen molar-refractivity contribution in [2.45, 2.75) is 38.2 Å². The van der Waals surface area contributed by atoms with Crippen molar-refractivity contribution < 1.29 is 5.11 Å². The van der Waals surface area contributed by atoms with E-state index in [1.165, 1.54) is 0 Å². The largest absolute Gasteiger partial charge is 0.394 e. The molecule has 1 heterocycles. The van der Waals surface area contributed by atoms with Crippen LogP contribution < -0.4 is 11.1 Å². The Morgan fingerprint density at radius 2 is 2.24 bits per heavy atom. The summed E-state index contributed by atoms with van der Waals surface area (Å²) in [6.45, 7) is 2.77. The van der Waals surface area contributed by atoms with Crippen LogP contribution in [0.25, 0.3) is 0 Å². The first kappa shape index (κ1) is 12.2. The SMILES string of the molecule is CC1CCC(O)(CNc2nn(C)cc2N)CC1. The number of nitrogens with zero attached hydrogens (tertiary/aromatic N) is 2. The summed E-state index contributed by atoms with van der Waals surface area (Å²) in [7, 11) is 1.83. The molecule has 0 amide bonds. The van der Waals surface area contributed by atoms with Crippen LogP contribution in [0.1, 0.15) is 32.6 Å². The lowest BCUT2D eigenvalue weighted by Crippen LogP contribution is -2.40. The number of nitrogen functional groups attached to an aromatic ring is 1. The third-order valence-electron chi connectivity index (χ3n) is 3.65. The summed E-state index contributed by atoms with van der Waals surface area (Å²) in [4.78, 5) is 0. The highest BCUT2D eigenvalue weighted by atomic mass is 16.3. The van der Waals surface area contributed by atoms with Crippen molar-refractivity contribution in [3.63, 3.8) is 0 Å². The predicted molar refractivity (Wildman–Crippen MR) is 68.7 cm³/mol. The average molecular weight is 238 g/mol. The first-order valence-corrected chi connectivity index (χ1v) is 6.24. The first-order valence-electron chi connectivity index (χ1n) is 6.24. The van der Waals surface area contributed by atoms with E-state index in [1.54, 1.807) is 10.9 Å². The second-order valence-corrected chi connectivity index (χ2v) is 5.37. The standard InChI is InChI=1S/C12H22N4O/c1-9-3-5-12(17,6-4-9)8-14-11-10(13)7-16(2)15-11/h7,9,17H,3-6,8,13H2,1-2H3,(H,14,15). The zero-order valence-corrected chi connectivity index (χ0v) is 10.6. The monoisotopic (exact) mass is 238 g/mol. The van der Waals surface area contributed by atoms with E-state index in [9.17, 15) is 5.11 Å². The third kappa shape index (κ3) is 2.91. The lowest BCUT2D eigenvalue weighted by Gasteiger charge is -2.35. The molecule has 0 aromatic carbocycles. The minimum Gasteiger partial charge on any atom is -0.394 e. The fraction of sp³-hybridized carbons (Fsp3) is 0.750. The van der Waals surface area contributed by atoms with Crippen LogP contribution in [-0.4, -0.2) is 27.0 Å². The second-order valence-electron chi connectivity index (χ2n) is 5.37. The van der Waals surface area contributed by atoms with Gasteiger partial charge in [-0.05, 0) is 31.6 Å². The summed E-state index contributed by atoms with van der Waals surface area (Å²) in [6.07, 6.45) is 5.66. The Balaban J connectivity index is 1.91. The van der Waals surface area contributed by atoms with E-state index >= 15 is 0 Å². The van der Waals surface area contributed by atoms with Crippen LogP contribution >= 0.6 is 0 Å². The topological polar surface area (TPSA) is 76.1 Å². The minimum absolute atomic E-state index is 0.529. The van der Waals surface area contributed by atoms with Crippen LogP contribution in [0, 0.1) is 5.92 Å². The van der Waals surface area contributed by atoms with Crippen molar-refractivity contribution in [1.29, 1.82) is 0 Å². The van der Waals surface area contributed by atoms with Crippen LogP contribution in [0.3, 0.4) is 0 Å². The fourth-order valence-corrected chi connectivity index (χ4v) is 2.37. The number of aryl methyl sites for hydroxylation is 1. The van der Waals surface area contributed by atoms with E-state index in [0.717, 1.165) is 31.6 Å². The Hall–Kier alpha value is -1.23. The molecule has 17 heavy (non-hydrogen) atoms. The van der Waals surface area contributed by atoms with E-state index in [1.807, 2.05) is 7.05 Å². The van der Waals surface area contributed by atoms with Gasteiger partial charge in [-0.3, -0.25) is 4.68 Å². The molecule has 1 aliphatic carbocycles. The normalized spacial score (nSPS) is 29.2. The number of hydrogen-bond donors (Lipinski definition) is 3. The molecule has 2 rings (SSSR count). The number of nitrogens with two attached hydrogens (primary N) is 1. The van der Waals surface area contributed by atoms with Crippen molar-refractivity contribution >= 4 is 11.5 Å². The van der Waals surface area contributed by atoms with Crippen molar-refractivity contribution in [2.75, 3.05) is 17.6 Å². The summed E-state index contributed by atoms with van der Waals surface area (Å²) in [5, 5.41) is 17.8. The molecule has 0 saturated heterocycles. The molecule has 0 aliphatic heterocycles. The number of nitrogens with one attached hydrogen (secondary N) is 1. The Labute approximate surface area is 102 Å². The van der Waals surface area contributed by atoms with E-state index in [0.29, 0.717) is 18.1 Å². The average Bonchev–Trinajstić information content (AvgIpc) is 2.60. The van der Waals surface area contributed by atoms with Crippen LogP contribution in [0.4, 0.5) is 11.5 Å². The molecule has 5 nitrogen and oxygen atoms in total. The molecule has 1 aromatic heterocycles. The van der Waals surface area contributed by atoms with Gasteiger partial charge in [-0.1, -0.05) is 6.92 Å². The molecule has 0 bridgehead atoms. The summed E-state index contributed by atoms with van der Waals surface area (Å²) in [6, 6.07) is 0. The zero-order valence-electron chi connectivity index (χ0n) is 10.6. The first-order chi connectivity index (χ1) is 7.98. The second kappa shape index (κ2) is 4.56. The van der Waals surface area contributed by atoms with Crippen LogP contribution in [0.2, 0.25) is 0 Å². The van der Waals surface area contributed by atoms with Gasteiger partial charge in [-0.25, -0.2) is 0 Å². The molecule has 96 valence electrons. The van der Waals surface area contributed by atoms with E-state index in [2.05, 4.69) is 17.3 Å². The molecule has 0 spiro atoms. The van der Waals surface area contributed by atoms with Gasteiger partial charge in [0.25, 0.3) is 0 Å². The maximum atomic E-state index is 10.4. The number of anilines is 2. The molecule has 4 N–H and O–H groups in total. The van der Waals surface area contributed by atoms with Gasteiger partial charge < -0.3 is 16.2 Å². The maximum Gasteiger partial charge on any atom is 0.171 e. The molecule has 0 atom stereocenters. The summed E-state index contributed by atoms with van der Waals surface area (Å²) in [5.41, 5.74) is 5.82. The van der Waals surface area contributed by atoms with Gasteiger partial charge >= 0.3 is 0 Å². The molecule has 1 fully saturated rings. The summed E-state index contributed by atoms with van der Waals surface area (Å²) in [5.74, 6) is 1.40. The highest BCUT2D eigenvalue weighted by Gasteiger charge is 2.31. The van der Waals surface area contributed by atoms with Crippen molar-refractivity contribution in [3.8, 4) is 0 Å². The van der Waals surface area contributed by atoms with Crippen molar-refractivity contribution in [2.24, 2.45) is 13.0 Å². The number of rotatable bonds is 3. The molecule has 0 unspecified atom stereocenters. The smallest absolute Gasteiger partial charge is 0.171 e. The molecular weight excluding hydrogens is 216 g/mol. The van der Waals surface area contributed by atoms with Gasteiger partial charge in [-0.2, -0.15) is 5.10 Å². The van der Waals surface area contributed by atoms with Gasteiger partial charge in [0.2, 0.25) is 0 Å². The predicted octanol–water partition coefficient (Wildman–Crippen LogP) is 1.36. The zero-order chi connectivity index (χ0) is 12.5. The number of aliphatic hydroxyl groups is 1. The van der Waals surface area contributed by atoms with Crippen LogP contribution in [0.5, 0.6) is 0 Å². The Morgan fingerprint density at radius 3 is 2.76 bits per heavy atom. The van der Waals surface area contributed by atoms with Gasteiger partial charge in [0, 0.05) is 19.8 Å². The number of aromatic nitrogens is 2. The lowest BCUT2D eigenvalue weighted by molar-refractivity contribution is 0.00495. The molecule has 5 heteroatoms. The van der Waals surface area contributed by atoms with E-state index in [-0.39, 0.29) is 0 Å². The molecule has 1 aromatic rings. The Kier molecular flexibility index (Phi) is 3.28. The molecular formula is C12H22N4O. The molecule has 0 radical (unpaired) electrons. The van der Waals surface area contributed by atoms with Gasteiger partial charge in [0.1, 0.15) is 0 Å². The van der Waals surface area contributed by atoms with E-state index < -0.39 is 5.60 Å². The Bertz CT molecular complexity index is 380. The van der Waals surface area contributed by atoms with E-state index in [4.69, 9.17) is 5.73 Å². The fourth-order valence-electron chi connectivity index (χ4n) is 2.37. The highest BCUT2D eigenvalue weighted by Crippen LogP contribution is 2.32. The van der Waals surface area contributed by atoms with Gasteiger partial charge in [-0.15, -0.1) is 0 Å². The van der Waals surface area contributed by atoms with Crippen LogP contribution in [0.15, 0.2) is 6.20 Å². The number of hydrogen-bond acceptors (Lipinski definition) is 4. The Morgan fingerprint density at radius 1 is 1.59 bits per heavy atom.